The molecule has 0 saturated heterocycles. The van der Waals surface area contributed by atoms with Crippen molar-refractivity contribution in [3.63, 3.8) is 0 Å². The molecule has 0 aromatic carbocycles. The van der Waals surface area contributed by atoms with Crippen molar-refractivity contribution in [3.05, 3.63) is 46.3 Å². The first-order chi connectivity index (χ1) is 9.24. The minimum atomic E-state index is -0.126. The van der Waals surface area contributed by atoms with Crippen LogP contribution in [0.1, 0.15) is 34.6 Å². The molecule has 0 saturated carbocycles. The number of aromatic nitrogens is 1. The highest BCUT2D eigenvalue weighted by Crippen LogP contribution is 2.22. The molecule has 2 heterocycles. The number of nitrogens with zero attached hydrogens (tertiary/aromatic N) is 1. The highest BCUT2D eigenvalue weighted by Gasteiger charge is 2.15. The van der Waals surface area contributed by atoms with E-state index in [2.05, 4.69) is 15.7 Å². The molecule has 0 aliphatic carbocycles. The zero-order valence-electron chi connectivity index (χ0n) is 10.6. The Morgan fingerprint density at radius 3 is 3.00 bits per heavy atom. The fourth-order valence-corrected chi connectivity index (χ4v) is 2.62. The summed E-state index contributed by atoms with van der Waals surface area (Å²) in [6.45, 7) is 2.05. The van der Waals surface area contributed by atoms with Crippen molar-refractivity contribution in [1.29, 1.82) is 0 Å². The van der Waals surface area contributed by atoms with Crippen LogP contribution in [-0.2, 0) is 0 Å². The van der Waals surface area contributed by atoms with E-state index < -0.39 is 0 Å². The predicted molar refractivity (Wildman–Crippen MR) is 76.9 cm³/mol. The van der Waals surface area contributed by atoms with Crippen LogP contribution in [0.5, 0.6) is 0 Å². The number of hydrogen-bond donors (Lipinski definition) is 3. The smallest absolute Gasteiger partial charge is 0.251 e. The maximum Gasteiger partial charge on any atom is 0.251 e. The number of pyridine rings is 1. The van der Waals surface area contributed by atoms with Gasteiger partial charge in [0.2, 0.25) is 0 Å². The van der Waals surface area contributed by atoms with Crippen LogP contribution in [-0.4, -0.2) is 10.9 Å². The summed E-state index contributed by atoms with van der Waals surface area (Å²) in [6.07, 6.45) is 2.40. The Balaban J connectivity index is 2.11. The van der Waals surface area contributed by atoms with Gasteiger partial charge in [0.25, 0.3) is 5.91 Å². The molecule has 5 nitrogen and oxygen atoms in total. The van der Waals surface area contributed by atoms with E-state index in [9.17, 15) is 4.79 Å². The number of carbonyl (C=O) groups excluding carboxylic acids is 1. The molecule has 100 valence electrons. The number of anilines is 1. The van der Waals surface area contributed by atoms with E-state index in [0.717, 1.165) is 11.3 Å². The number of hydrogen-bond acceptors (Lipinski definition) is 5. The second kappa shape index (κ2) is 6.31. The number of rotatable bonds is 5. The first kappa shape index (κ1) is 13.5. The minimum Gasteiger partial charge on any atom is -0.344 e. The molecule has 4 N–H and O–H groups in total. The minimum absolute atomic E-state index is 0.0370. The summed E-state index contributed by atoms with van der Waals surface area (Å²) in [5.41, 5.74) is 2.97. The Morgan fingerprint density at radius 1 is 1.53 bits per heavy atom. The molecule has 0 aliphatic rings. The van der Waals surface area contributed by atoms with Gasteiger partial charge in [-0.25, -0.2) is 10.8 Å². The third-order valence-corrected chi connectivity index (χ3v) is 3.76. The Hall–Kier alpha value is -1.92. The first-order valence-electron chi connectivity index (χ1n) is 6.01. The molecule has 2 aromatic rings. The number of amides is 1. The van der Waals surface area contributed by atoms with Crippen molar-refractivity contribution in [1.82, 2.24) is 10.3 Å². The summed E-state index contributed by atoms with van der Waals surface area (Å²) in [6, 6.07) is 7.33. The Labute approximate surface area is 115 Å². The normalized spacial score (nSPS) is 11.9. The highest BCUT2D eigenvalue weighted by atomic mass is 32.1. The summed E-state index contributed by atoms with van der Waals surface area (Å²) >= 11 is 1.64. The maximum atomic E-state index is 12.2. The number of nitrogen functional groups attached to an aromatic ring is 1. The average Bonchev–Trinajstić information content (AvgIpc) is 2.98. The van der Waals surface area contributed by atoms with Gasteiger partial charge in [-0.1, -0.05) is 13.0 Å². The first-order valence-corrected chi connectivity index (χ1v) is 6.89. The van der Waals surface area contributed by atoms with E-state index in [1.807, 2.05) is 24.4 Å². The van der Waals surface area contributed by atoms with Gasteiger partial charge in [0, 0.05) is 16.6 Å². The van der Waals surface area contributed by atoms with Crippen LogP contribution < -0.4 is 16.6 Å². The SMILES string of the molecule is CCC(NC(=O)c1ccnc(NN)c1)c1cccs1. The van der Waals surface area contributed by atoms with Crippen molar-refractivity contribution in [3.8, 4) is 0 Å². The number of hydrazine groups is 1. The number of nitrogens with two attached hydrogens (primary N) is 1. The van der Waals surface area contributed by atoms with Gasteiger partial charge >= 0.3 is 0 Å². The van der Waals surface area contributed by atoms with Crippen molar-refractivity contribution >= 4 is 23.1 Å². The van der Waals surface area contributed by atoms with E-state index in [4.69, 9.17) is 5.84 Å². The zero-order valence-corrected chi connectivity index (χ0v) is 11.4. The largest absolute Gasteiger partial charge is 0.344 e. The Bertz CT molecular complexity index is 541. The molecule has 2 aromatic heterocycles. The maximum absolute atomic E-state index is 12.2. The van der Waals surface area contributed by atoms with Crippen LogP contribution in [0.3, 0.4) is 0 Å². The van der Waals surface area contributed by atoms with Crippen molar-refractivity contribution in [2.45, 2.75) is 19.4 Å². The van der Waals surface area contributed by atoms with E-state index in [1.54, 1.807) is 29.7 Å². The fraction of sp³-hybridized carbons (Fsp3) is 0.231. The fourth-order valence-electron chi connectivity index (χ4n) is 1.76. The molecular formula is C13H16N4OS. The molecular weight excluding hydrogens is 260 g/mol. The molecule has 0 bridgehead atoms. The topological polar surface area (TPSA) is 80.0 Å². The van der Waals surface area contributed by atoms with Gasteiger partial charge in [-0.05, 0) is 30.0 Å². The molecule has 0 fully saturated rings. The highest BCUT2D eigenvalue weighted by molar-refractivity contribution is 7.10. The summed E-state index contributed by atoms with van der Waals surface area (Å²) in [7, 11) is 0. The molecule has 1 amide bonds. The van der Waals surface area contributed by atoms with Gasteiger partial charge < -0.3 is 10.7 Å². The van der Waals surface area contributed by atoms with E-state index in [1.165, 1.54) is 0 Å². The van der Waals surface area contributed by atoms with Crippen LogP contribution in [0.2, 0.25) is 0 Å². The average molecular weight is 276 g/mol. The number of carbonyl (C=O) groups is 1. The summed E-state index contributed by atoms with van der Waals surface area (Å²) < 4.78 is 0. The Morgan fingerprint density at radius 2 is 2.37 bits per heavy atom. The molecule has 0 aliphatic heterocycles. The van der Waals surface area contributed by atoms with E-state index in [-0.39, 0.29) is 11.9 Å². The number of thiophene rings is 1. The van der Waals surface area contributed by atoms with Gasteiger partial charge in [0.05, 0.1) is 6.04 Å². The van der Waals surface area contributed by atoms with Gasteiger partial charge in [-0.2, -0.15) is 0 Å². The molecule has 2 rings (SSSR count). The second-order valence-electron chi connectivity index (χ2n) is 4.02. The van der Waals surface area contributed by atoms with E-state index >= 15 is 0 Å². The molecule has 6 heteroatoms. The molecule has 1 unspecified atom stereocenters. The van der Waals surface area contributed by atoms with Gasteiger partial charge in [-0.3, -0.25) is 4.79 Å². The summed E-state index contributed by atoms with van der Waals surface area (Å²) in [5.74, 6) is 5.62. The molecule has 1 atom stereocenters. The lowest BCUT2D eigenvalue weighted by molar-refractivity contribution is 0.0936. The van der Waals surface area contributed by atoms with Crippen molar-refractivity contribution in [2.75, 3.05) is 5.43 Å². The second-order valence-corrected chi connectivity index (χ2v) is 5.00. The van der Waals surface area contributed by atoms with Gasteiger partial charge in [-0.15, -0.1) is 11.3 Å². The monoisotopic (exact) mass is 276 g/mol. The van der Waals surface area contributed by atoms with Gasteiger partial charge in [0.15, 0.2) is 0 Å². The quantitative estimate of drug-likeness (QED) is 0.578. The molecule has 19 heavy (non-hydrogen) atoms. The predicted octanol–water partition coefficient (Wildman–Crippen LogP) is 2.31. The third kappa shape index (κ3) is 3.30. The summed E-state index contributed by atoms with van der Waals surface area (Å²) in [5, 5.41) is 5.02. The van der Waals surface area contributed by atoms with E-state index in [0.29, 0.717) is 11.4 Å². The van der Waals surface area contributed by atoms with Crippen molar-refractivity contribution < 1.29 is 4.79 Å². The van der Waals surface area contributed by atoms with Crippen LogP contribution in [0.4, 0.5) is 5.82 Å². The summed E-state index contributed by atoms with van der Waals surface area (Å²) in [4.78, 5) is 17.3. The molecule has 0 radical (unpaired) electrons. The van der Waals surface area contributed by atoms with Crippen molar-refractivity contribution in [2.24, 2.45) is 5.84 Å². The standard InChI is InChI=1S/C13H16N4OS/c1-2-10(11-4-3-7-19-11)16-13(18)9-5-6-15-12(8-9)17-14/h3-8,10H,2,14H2,1H3,(H,15,17)(H,16,18). The van der Waals surface area contributed by atoms with Crippen LogP contribution >= 0.6 is 11.3 Å². The van der Waals surface area contributed by atoms with Crippen LogP contribution in [0, 0.1) is 0 Å². The Kier molecular flexibility index (Phi) is 4.48. The third-order valence-electron chi connectivity index (χ3n) is 2.77. The lowest BCUT2D eigenvalue weighted by atomic mass is 10.1. The lowest BCUT2D eigenvalue weighted by Gasteiger charge is -2.15. The lowest BCUT2D eigenvalue weighted by Crippen LogP contribution is -2.27. The zero-order chi connectivity index (χ0) is 13.7. The van der Waals surface area contributed by atoms with Crippen LogP contribution in [0.25, 0.3) is 0 Å². The molecule has 0 spiro atoms. The van der Waals surface area contributed by atoms with Crippen LogP contribution in [0.15, 0.2) is 35.8 Å². The number of nitrogens with one attached hydrogen (secondary N) is 2. The van der Waals surface area contributed by atoms with Gasteiger partial charge in [0.1, 0.15) is 5.82 Å².